The molecule has 4 heteroatoms. The maximum atomic E-state index is 9.51. The smallest absolute Gasteiger partial charge is 0.140 e. The van der Waals surface area contributed by atoms with Gasteiger partial charge in [-0.25, -0.2) is 4.98 Å². The Labute approximate surface area is 89.6 Å². The highest BCUT2D eigenvalue weighted by atomic mass is 16.3. The van der Waals surface area contributed by atoms with E-state index in [1.165, 1.54) is 0 Å². The number of nitrogens with zero attached hydrogens (tertiary/aromatic N) is 2. The van der Waals surface area contributed by atoms with Gasteiger partial charge in [-0.1, -0.05) is 0 Å². The molecule has 80 valence electrons. The van der Waals surface area contributed by atoms with Crippen LogP contribution in [0.3, 0.4) is 0 Å². The molecular formula is C11H15N3O. The van der Waals surface area contributed by atoms with E-state index in [4.69, 9.17) is 5.26 Å². The summed E-state index contributed by atoms with van der Waals surface area (Å²) in [7, 11) is 0. The van der Waals surface area contributed by atoms with Crippen molar-refractivity contribution in [3.8, 4) is 6.07 Å². The standard InChI is InChI=1S/C11H15N3O/c1-8(15)11(2,3)14-10-5-4-9(6-12)13-7-10/h4-5,7-8,14-15H,1-3H3. The lowest BCUT2D eigenvalue weighted by Crippen LogP contribution is -2.41. The Morgan fingerprint density at radius 2 is 2.20 bits per heavy atom. The van der Waals surface area contributed by atoms with E-state index in [1.54, 1.807) is 25.3 Å². The number of aromatic nitrogens is 1. The number of nitrogens with one attached hydrogen (secondary N) is 1. The van der Waals surface area contributed by atoms with Gasteiger partial charge in [-0.3, -0.25) is 0 Å². The minimum atomic E-state index is -0.479. The van der Waals surface area contributed by atoms with Gasteiger partial charge in [0.2, 0.25) is 0 Å². The van der Waals surface area contributed by atoms with E-state index in [2.05, 4.69) is 10.3 Å². The molecule has 4 nitrogen and oxygen atoms in total. The van der Waals surface area contributed by atoms with Crippen LogP contribution in [0.2, 0.25) is 0 Å². The second-order valence-electron chi connectivity index (χ2n) is 4.07. The number of rotatable bonds is 3. The fourth-order valence-electron chi connectivity index (χ4n) is 1.01. The Kier molecular flexibility index (Phi) is 3.28. The Balaban J connectivity index is 2.78. The quantitative estimate of drug-likeness (QED) is 0.785. The number of aliphatic hydroxyl groups is 1. The predicted octanol–water partition coefficient (Wildman–Crippen LogP) is 1.52. The molecule has 1 unspecified atom stereocenters. The molecule has 0 aliphatic rings. The summed E-state index contributed by atoms with van der Waals surface area (Å²) < 4.78 is 0. The van der Waals surface area contributed by atoms with Crippen LogP contribution >= 0.6 is 0 Å². The minimum Gasteiger partial charge on any atom is -0.391 e. The molecule has 15 heavy (non-hydrogen) atoms. The predicted molar refractivity (Wildman–Crippen MR) is 58.3 cm³/mol. The van der Waals surface area contributed by atoms with Crippen LogP contribution in [-0.4, -0.2) is 21.7 Å². The van der Waals surface area contributed by atoms with Gasteiger partial charge >= 0.3 is 0 Å². The first-order valence-electron chi connectivity index (χ1n) is 4.78. The van der Waals surface area contributed by atoms with Crippen molar-refractivity contribution >= 4 is 5.69 Å². The average molecular weight is 205 g/mol. The van der Waals surface area contributed by atoms with Crippen molar-refractivity contribution in [2.45, 2.75) is 32.4 Å². The minimum absolute atomic E-state index is 0.385. The third-order valence-corrected chi connectivity index (χ3v) is 2.39. The van der Waals surface area contributed by atoms with E-state index < -0.39 is 11.6 Å². The summed E-state index contributed by atoms with van der Waals surface area (Å²) in [5, 5.41) is 21.2. The molecule has 0 aliphatic heterocycles. The molecule has 0 spiro atoms. The summed E-state index contributed by atoms with van der Waals surface area (Å²) in [4.78, 5) is 3.94. The second-order valence-corrected chi connectivity index (χ2v) is 4.07. The second kappa shape index (κ2) is 4.28. The first-order valence-corrected chi connectivity index (χ1v) is 4.78. The van der Waals surface area contributed by atoms with Crippen molar-refractivity contribution in [3.05, 3.63) is 24.0 Å². The van der Waals surface area contributed by atoms with Gasteiger partial charge in [-0.05, 0) is 32.9 Å². The fourth-order valence-corrected chi connectivity index (χ4v) is 1.01. The number of hydrogen-bond acceptors (Lipinski definition) is 4. The maximum absolute atomic E-state index is 9.51. The monoisotopic (exact) mass is 205 g/mol. The van der Waals surface area contributed by atoms with Gasteiger partial charge in [0.25, 0.3) is 0 Å². The van der Waals surface area contributed by atoms with Crippen molar-refractivity contribution in [1.82, 2.24) is 4.98 Å². The highest BCUT2D eigenvalue weighted by Gasteiger charge is 2.23. The van der Waals surface area contributed by atoms with Gasteiger partial charge < -0.3 is 10.4 Å². The van der Waals surface area contributed by atoms with Crippen LogP contribution < -0.4 is 5.32 Å². The molecule has 1 atom stereocenters. The molecule has 1 heterocycles. The van der Waals surface area contributed by atoms with Crippen molar-refractivity contribution in [3.63, 3.8) is 0 Å². The van der Waals surface area contributed by atoms with Gasteiger partial charge in [-0.15, -0.1) is 0 Å². The number of nitriles is 1. The first kappa shape index (κ1) is 11.5. The number of anilines is 1. The zero-order chi connectivity index (χ0) is 11.5. The van der Waals surface area contributed by atoms with Crippen LogP contribution in [0.4, 0.5) is 5.69 Å². The molecular weight excluding hydrogens is 190 g/mol. The van der Waals surface area contributed by atoms with Crippen molar-refractivity contribution in [2.24, 2.45) is 0 Å². The number of pyridine rings is 1. The summed E-state index contributed by atoms with van der Waals surface area (Å²) in [5.41, 5.74) is 0.755. The Bertz CT molecular complexity index is 362. The topological polar surface area (TPSA) is 68.9 Å². The highest BCUT2D eigenvalue weighted by Crippen LogP contribution is 2.17. The van der Waals surface area contributed by atoms with E-state index in [9.17, 15) is 5.11 Å². The zero-order valence-electron chi connectivity index (χ0n) is 9.15. The van der Waals surface area contributed by atoms with Gasteiger partial charge in [0.05, 0.1) is 23.5 Å². The summed E-state index contributed by atoms with van der Waals surface area (Å²) >= 11 is 0. The molecule has 0 bridgehead atoms. The largest absolute Gasteiger partial charge is 0.391 e. The average Bonchev–Trinajstić information content (AvgIpc) is 2.18. The van der Waals surface area contributed by atoms with Crippen LogP contribution in [0.25, 0.3) is 0 Å². The molecule has 0 saturated heterocycles. The molecule has 0 amide bonds. The van der Waals surface area contributed by atoms with Crippen LogP contribution in [0, 0.1) is 11.3 Å². The number of hydrogen-bond donors (Lipinski definition) is 2. The molecule has 1 rings (SSSR count). The van der Waals surface area contributed by atoms with E-state index in [-0.39, 0.29) is 0 Å². The normalized spacial score (nSPS) is 13.0. The maximum Gasteiger partial charge on any atom is 0.140 e. The Morgan fingerprint density at radius 3 is 2.60 bits per heavy atom. The van der Waals surface area contributed by atoms with E-state index in [0.29, 0.717) is 5.69 Å². The summed E-state index contributed by atoms with van der Waals surface area (Å²) in [6.45, 7) is 5.52. The van der Waals surface area contributed by atoms with E-state index in [1.807, 2.05) is 19.9 Å². The van der Waals surface area contributed by atoms with Crippen LogP contribution in [0.5, 0.6) is 0 Å². The fraction of sp³-hybridized carbons (Fsp3) is 0.455. The molecule has 0 saturated carbocycles. The summed E-state index contributed by atoms with van der Waals surface area (Å²) in [6, 6.07) is 5.36. The lowest BCUT2D eigenvalue weighted by atomic mass is 9.98. The number of aliphatic hydroxyl groups excluding tert-OH is 1. The first-order chi connectivity index (χ1) is 6.95. The molecule has 0 fully saturated rings. The van der Waals surface area contributed by atoms with Crippen molar-refractivity contribution < 1.29 is 5.11 Å². The lowest BCUT2D eigenvalue weighted by molar-refractivity contribution is 0.133. The lowest BCUT2D eigenvalue weighted by Gasteiger charge is -2.30. The molecule has 1 aromatic rings. The van der Waals surface area contributed by atoms with Gasteiger partial charge in [0, 0.05) is 0 Å². The summed E-state index contributed by atoms with van der Waals surface area (Å²) in [6.07, 6.45) is 1.11. The van der Waals surface area contributed by atoms with Crippen molar-refractivity contribution in [2.75, 3.05) is 5.32 Å². The zero-order valence-corrected chi connectivity index (χ0v) is 9.15. The highest BCUT2D eigenvalue weighted by molar-refractivity contribution is 5.45. The van der Waals surface area contributed by atoms with Crippen LogP contribution in [0.1, 0.15) is 26.5 Å². The van der Waals surface area contributed by atoms with Gasteiger partial charge in [0.15, 0.2) is 0 Å². The molecule has 0 aliphatic carbocycles. The van der Waals surface area contributed by atoms with Crippen molar-refractivity contribution in [1.29, 1.82) is 5.26 Å². The Hall–Kier alpha value is -1.60. The summed E-state index contributed by atoms with van der Waals surface area (Å²) in [5.74, 6) is 0. The van der Waals surface area contributed by atoms with Gasteiger partial charge in [-0.2, -0.15) is 5.26 Å². The molecule has 2 N–H and O–H groups in total. The third-order valence-electron chi connectivity index (χ3n) is 2.39. The molecule has 1 aromatic heterocycles. The third kappa shape index (κ3) is 2.93. The van der Waals surface area contributed by atoms with Crippen LogP contribution in [0.15, 0.2) is 18.3 Å². The van der Waals surface area contributed by atoms with Gasteiger partial charge in [0.1, 0.15) is 11.8 Å². The van der Waals surface area contributed by atoms with E-state index in [0.717, 1.165) is 5.69 Å². The molecule has 0 aromatic carbocycles. The SMILES string of the molecule is CC(O)C(C)(C)Nc1ccc(C#N)nc1. The Morgan fingerprint density at radius 1 is 1.53 bits per heavy atom. The van der Waals surface area contributed by atoms with Crippen LogP contribution in [-0.2, 0) is 0 Å². The van der Waals surface area contributed by atoms with E-state index >= 15 is 0 Å². The molecule has 0 radical (unpaired) electrons.